The van der Waals surface area contributed by atoms with Crippen LogP contribution in [0.5, 0.6) is 0 Å². The summed E-state index contributed by atoms with van der Waals surface area (Å²) in [6.45, 7) is 6.39. The maximum atomic E-state index is 4.19. The molecule has 2 rings (SSSR count). The van der Waals surface area contributed by atoms with Gasteiger partial charge in [0.05, 0.1) is 12.4 Å². The van der Waals surface area contributed by atoms with Crippen molar-refractivity contribution in [1.82, 2.24) is 25.7 Å². The molecule has 0 aliphatic rings. The van der Waals surface area contributed by atoms with Gasteiger partial charge in [0.25, 0.3) is 0 Å². The smallest absolute Gasteiger partial charge is 0.149 e. The number of hydrogen-bond acceptors (Lipinski definition) is 6. The fraction of sp³-hybridized carbons (Fsp3) is 0.500. The topological polar surface area (TPSA) is 63.6 Å². The van der Waals surface area contributed by atoms with E-state index in [1.54, 1.807) is 23.7 Å². The normalized spacial score (nSPS) is 11.1. The minimum Gasteiger partial charge on any atom is -0.316 e. The zero-order chi connectivity index (χ0) is 12.8. The van der Waals surface area contributed by atoms with Crippen molar-refractivity contribution in [3.8, 4) is 10.6 Å². The van der Waals surface area contributed by atoms with E-state index < -0.39 is 0 Å². The van der Waals surface area contributed by atoms with Crippen LogP contribution < -0.4 is 5.32 Å². The summed E-state index contributed by atoms with van der Waals surface area (Å²) in [4.78, 5) is 0. The fourth-order valence-corrected chi connectivity index (χ4v) is 2.30. The van der Waals surface area contributed by atoms with Gasteiger partial charge in [-0.3, -0.25) is 0 Å². The summed E-state index contributed by atoms with van der Waals surface area (Å²) in [5.74, 6) is 0.679. The van der Waals surface area contributed by atoms with E-state index in [1.165, 1.54) is 0 Å². The van der Waals surface area contributed by atoms with E-state index in [2.05, 4.69) is 39.6 Å². The van der Waals surface area contributed by atoms with Crippen LogP contribution in [0.25, 0.3) is 10.6 Å². The minimum atomic E-state index is 0.679. The second-order valence-electron chi connectivity index (χ2n) is 4.48. The Kier molecular flexibility index (Phi) is 4.72. The Balaban J connectivity index is 1.87. The first-order valence-corrected chi connectivity index (χ1v) is 6.87. The maximum Gasteiger partial charge on any atom is 0.149 e. The van der Waals surface area contributed by atoms with Crippen molar-refractivity contribution in [1.29, 1.82) is 0 Å². The lowest BCUT2D eigenvalue weighted by molar-refractivity contribution is 0.553. The molecular weight excluding hydrogens is 246 g/mol. The summed E-state index contributed by atoms with van der Waals surface area (Å²) in [5.41, 5.74) is 0.976. The second-order valence-corrected chi connectivity index (χ2v) is 5.54. The molecule has 0 spiro atoms. The quantitative estimate of drug-likeness (QED) is 0.805. The summed E-state index contributed by atoms with van der Waals surface area (Å²) >= 11 is 1.61. The highest BCUT2D eigenvalue weighted by Gasteiger charge is 2.06. The Morgan fingerprint density at radius 3 is 2.89 bits per heavy atom. The molecule has 2 aromatic heterocycles. The third kappa shape index (κ3) is 3.82. The van der Waals surface area contributed by atoms with E-state index in [-0.39, 0.29) is 0 Å². The molecule has 5 nitrogen and oxygen atoms in total. The van der Waals surface area contributed by atoms with Gasteiger partial charge in [0, 0.05) is 18.5 Å². The van der Waals surface area contributed by atoms with Gasteiger partial charge in [-0.05, 0) is 18.5 Å². The predicted molar refractivity (Wildman–Crippen MR) is 72.3 cm³/mol. The van der Waals surface area contributed by atoms with Crippen LogP contribution in [0.1, 0.15) is 18.9 Å². The van der Waals surface area contributed by atoms with Crippen LogP contribution in [0.2, 0.25) is 0 Å². The van der Waals surface area contributed by atoms with Crippen LogP contribution in [0.15, 0.2) is 18.5 Å². The second kappa shape index (κ2) is 6.51. The lowest BCUT2D eigenvalue weighted by Crippen LogP contribution is -2.22. The largest absolute Gasteiger partial charge is 0.316 e. The summed E-state index contributed by atoms with van der Waals surface area (Å²) in [5, 5.41) is 21.3. The molecule has 0 aliphatic heterocycles. The fourth-order valence-electron chi connectivity index (χ4n) is 1.47. The maximum absolute atomic E-state index is 4.19. The highest BCUT2D eigenvalue weighted by atomic mass is 32.1. The van der Waals surface area contributed by atoms with Crippen molar-refractivity contribution in [2.75, 3.05) is 13.1 Å². The average Bonchev–Trinajstić information content (AvgIpc) is 2.84. The molecule has 6 heteroatoms. The molecule has 0 bridgehead atoms. The van der Waals surface area contributed by atoms with Crippen LogP contribution in [0.4, 0.5) is 0 Å². The van der Waals surface area contributed by atoms with Crippen molar-refractivity contribution in [2.24, 2.45) is 5.92 Å². The molecule has 1 N–H and O–H groups in total. The monoisotopic (exact) mass is 263 g/mol. The van der Waals surface area contributed by atoms with Crippen LogP contribution in [-0.4, -0.2) is 33.5 Å². The number of nitrogens with zero attached hydrogens (tertiary/aromatic N) is 4. The van der Waals surface area contributed by atoms with Gasteiger partial charge in [-0.15, -0.1) is 10.2 Å². The van der Waals surface area contributed by atoms with Crippen LogP contribution in [0, 0.1) is 5.92 Å². The van der Waals surface area contributed by atoms with E-state index in [9.17, 15) is 0 Å². The van der Waals surface area contributed by atoms with Gasteiger partial charge >= 0.3 is 0 Å². The number of nitrogens with one attached hydrogen (secondary N) is 1. The first kappa shape index (κ1) is 13.0. The van der Waals surface area contributed by atoms with Gasteiger partial charge in [0.2, 0.25) is 0 Å². The zero-order valence-electron chi connectivity index (χ0n) is 10.6. The van der Waals surface area contributed by atoms with Gasteiger partial charge < -0.3 is 5.32 Å². The Bertz CT molecular complexity index is 468. The van der Waals surface area contributed by atoms with Gasteiger partial charge in [-0.2, -0.15) is 10.2 Å². The molecule has 0 radical (unpaired) electrons. The molecule has 0 saturated carbocycles. The molecule has 2 aromatic rings. The summed E-state index contributed by atoms with van der Waals surface area (Å²) in [7, 11) is 0. The Hall–Kier alpha value is -1.40. The van der Waals surface area contributed by atoms with Crippen molar-refractivity contribution < 1.29 is 0 Å². The average molecular weight is 263 g/mol. The first-order chi connectivity index (χ1) is 8.75. The number of hydrogen-bond donors (Lipinski definition) is 1. The molecule has 0 unspecified atom stereocenters. The Labute approximate surface area is 111 Å². The molecule has 18 heavy (non-hydrogen) atoms. The molecule has 0 atom stereocenters. The van der Waals surface area contributed by atoms with Crippen molar-refractivity contribution in [2.45, 2.75) is 20.3 Å². The first-order valence-electron chi connectivity index (χ1n) is 6.06. The molecule has 2 heterocycles. The standard InChI is InChI=1S/C12H17N5S/c1-9(2)7-13-5-4-11-16-17-12(18-11)10-3-6-14-15-8-10/h3,6,8-9,13H,4-5,7H2,1-2H3. The van der Waals surface area contributed by atoms with Crippen LogP contribution >= 0.6 is 11.3 Å². The van der Waals surface area contributed by atoms with Gasteiger partial charge in [0.1, 0.15) is 10.0 Å². The number of rotatable bonds is 6. The third-order valence-corrected chi connectivity index (χ3v) is 3.40. The van der Waals surface area contributed by atoms with E-state index in [0.717, 1.165) is 35.1 Å². The zero-order valence-corrected chi connectivity index (χ0v) is 11.4. The Morgan fingerprint density at radius 1 is 1.28 bits per heavy atom. The highest BCUT2D eigenvalue weighted by molar-refractivity contribution is 7.14. The Morgan fingerprint density at radius 2 is 2.17 bits per heavy atom. The summed E-state index contributed by atoms with van der Waals surface area (Å²) < 4.78 is 0. The SMILES string of the molecule is CC(C)CNCCc1nnc(-c2ccnnc2)s1. The van der Waals surface area contributed by atoms with E-state index in [4.69, 9.17) is 0 Å². The lowest BCUT2D eigenvalue weighted by atomic mass is 10.2. The van der Waals surface area contributed by atoms with E-state index in [0.29, 0.717) is 5.92 Å². The van der Waals surface area contributed by atoms with Crippen LogP contribution in [-0.2, 0) is 6.42 Å². The molecule has 96 valence electrons. The summed E-state index contributed by atoms with van der Waals surface area (Å²) in [6.07, 6.45) is 4.30. The predicted octanol–water partition coefficient (Wildman–Crippen LogP) is 1.78. The molecule has 0 fully saturated rings. The van der Waals surface area contributed by atoms with E-state index >= 15 is 0 Å². The summed E-state index contributed by atoms with van der Waals surface area (Å²) in [6, 6.07) is 1.90. The van der Waals surface area contributed by atoms with Crippen molar-refractivity contribution in [3.05, 3.63) is 23.5 Å². The number of aromatic nitrogens is 4. The molecule has 0 aliphatic carbocycles. The molecule has 0 aromatic carbocycles. The minimum absolute atomic E-state index is 0.679. The molecule has 0 amide bonds. The third-order valence-electron chi connectivity index (χ3n) is 2.37. The van der Waals surface area contributed by atoms with E-state index in [1.807, 2.05) is 6.07 Å². The molecular formula is C12H17N5S. The lowest BCUT2D eigenvalue weighted by Gasteiger charge is -2.05. The van der Waals surface area contributed by atoms with Gasteiger partial charge in [-0.1, -0.05) is 25.2 Å². The van der Waals surface area contributed by atoms with Crippen molar-refractivity contribution in [3.63, 3.8) is 0 Å². The van der Waals surface area contributed by atoms with Gasteiger partial charge in [-0.25, -0.2) is 0 Å². The van der Waals surface area contributed by atoms with Crippen molar-refractivity contribution >= 4 is 11.3 Å². The highest BCUT2D eigenvalue weighted by Crippen LogP contribution is 2.21. The van der Waals surface area contributed by atoms with Gasteiger partial charge in [0.15, 0.2) is 0 Å². The molecule has 0 saturated heterocycles. The van der Waals surface area contributed by atoms with Crippen LogP contribution in [0.3, 0.4) is 0 Å².